The highest BCUT2D eigenvalue weighted by Gasteiger charge is 2.50. The number of nitrogen functional groups attached to an aromatic ring is 1. The van der Waals surface area contributed by atoms with Gasteiger partial charge in [-0.3, -0.25) is 14.2 Å². The number of esters is 2. The van der Waals surface area contributed by atoms with Crippen molar-refractivity contribution in [2.75, 3.05) is 12.3 Å². The van der Waals surface area contributed by atoms with Crippen molar-refractivity contribution in [3.8, 4) is 0 Å². The monoisotopic (exact) mass is 394 g/mol. The van der Waals surface area contributed by atoms with Gasteiger partial charge in [0.25, 0.3) is 0 Å². The average molecular weight is 394 g/mol. The van der Waals surface area contributed by atoms with Crippen molar-refractivity contribution in [3.05, 3.63) is 22.8 Å². The van der Waals surface area contributed by atoms with E-state index in [2.05, 4.69) is 25.0 Å². The van der Waals surface area contributed by atoms with Crippen LogP contribution >= 0.6 is 0 Å². The van der Waals surface area contributed by atoms with Gasteiger partial charge in [0.15, 0.2) is 35.4 Å². The van der Waals surface area contributed by atoms with Gasteiger partial charge in [-0.2, -0.15) is 14.4 Å². The van der Waals surface area contributed by atoms with Gasteiger partial charge in [0.1, 0.15) is 6.10 Å². The van der Waals surface area contributed by atoms with Crippen LogP contribution in [0.3, 0.4) is 0 Å². The summed E-state index contributed by atoms with van der Waals surface area (Å²) in [6.45, 7) is 2.12. The van der Waals surface area contributed by atoms with E-state index < -0.39 is 42.6 Å². The van der Waals surface area contributed by atoms with Crippen LogP contribution in [0.1, 0.15) is 20.1 Å². The third-order valence-corrected chi connectivity index (χ3v) is 3.91. The number of fused-ring (bicyclic) bond motifs is 1. The number of carbonyl (C=O) groups is 2. The van der Waals surface area contributed by atoms with Crippen LogP contribution in [0.15, 0.2) is 11.4 Å². The fraction of sp³-hybridized carbons (Fsp3) is 0.500. The van der Waals surface area contributed by atoms with Gasteiger partial charge in [-0.05, 0) is 5.53 Å². The summed E-state index contributed by atoms with van der Waals surface area (Å²) in [6, 6.07) is 0. The number of rotatable bonds is 5. The van der Waals surface area contributed by atoms with Crippen LogP contribution in [0.25, 0.3) is 21.6 Å². The van der Waals surface area contributed by atoms with E-state index in [1.807, 2.05) is 0 Å². The lowest BCUT2D eigenvalue weighted by Gasteiger charge is -2.23. The maximum atomic E-state index is 13.6. The molecule has 2 aromatic heterocycles. The number of nitrogens with zero attached hydrogens (tertiary/aromatic N) is 7. The summed E-state index contributed by atoms with van der Waals surface area (Å²) in [6.07, 6.45) is -4.11. The molecule has 0 bridgehead atoms. The Morgan fingerprint density at radius 1 is 1.36 bits per heavy atom. The van der Waals surface area contributed by atoms with Gasteiger partial charge < -0.3 is 19.9 Å². The number of hydrogen-bond acceptors (Lipinski definition) is 10. The Balaban J connectivity index is 2.08. The lowest BCUT2D eigenvalue weighted by Crippen LogP contribution is -2.39. The first-order valence-corrected chi connectivity index (χ1v) is 7.98. The van der Waals surface area contributed by atoms with Crippen molar-refractivity contribution in [1.82, 2.24) is 19.5 Å². The molecule has 0 unspecified atom stereocenters. The molecule has 0 amide bonds. The third-order valence-electron chi connectivity index (χ3n) is 3.91. The SMILES string of the molecule is CC(=O)O[C@@H]1[C@H](OC(C)=O)[C@@H](CN=[N+]=[N-])O[C@H]1n1cnc2c(N)nc(F)nc21. The maximum absolute atomic E-state index is 13.6. The Kier molecular flexibility index (Phi) is 5.24. The molecule has 1 fully saturated rings. The molecule has 3 heterocycles. The first-order chi connectivity index (χ1) is 13.3. The van der Waals surface area contributed by atoms with Gasteiger partial charge in [0.05, 0.1) is 12.9 Å². The van der Waals surface area contributed by atoms with Crippen molar-refractivity contribution in [3.63, 3.8) is 0 Å². The Bertz CT molecular complexity index is 974. The van der Waals surface area contributed by atoms with Crippen LogP contribution in [0.4, 0.5) is 10.2 Å². The molecule has 14 heteroatoms. The molecule has 1 aliphatic rings. The minimum atomic E-state index is -1.14. The highest BCUT2D eigenvalue weighted by molar-refractivity contribution is 5.81. The number of ether oxygens (including phenoxy) is 3. The molecule has 4 atom stereocenters. The van der Waals surface area contributed by atoms with Gasteiger partial charge in [-0.15, -0.1) is 0 Å². The molecule has 28 heavy (non-hydrogen) atoms. The molecule has 0 spiro atoms. The first kappa shape index (κ1) is 19.3. The molecule has 2 N–H and O–H groups in total. The number of halogens is 1. The Morgan fingerprint density at radius 3 is 2.68 bits per heavy atom. The second-order valence-electron chi connectivity index (χ2n) is 5.83. The molecular formula is C14H15FN8O5. The van der Waals surface area contributed by atoms with Crippen molar-refractivity contribution < 1.29 is 28.2 Å². The van der Waals surface area contributed by atoms with Gasteiger partial charge >= 0.3 is 18.0 Å². The van der Waals surface area contributed by atoms with E-state index in [9.17, 15) is 14.0 Å². The number of azide groups is 1. The lowest BCUT2D eigenvalue weighted by atomic mass is 10.1. The summed E-state index contributed by atoms with van der Waals surface area (Å²) >= 11 is 0. The zero-order valence-electron chi connectivity index (χ0n) is 14.7. The van der Waals surface area contributed by atoms with Crippen molar-refractivity contribution in [2.45, 2.75) is 38.4 Å². The molecule has 3 rings (SSSR count). The van der Waals surface area contributed by atoms with Crippen LogP contribution in [-0.2, 0) is 23.8 Å². The second kappa shape index (κ2) is 7.62. The predicted molar refractivity (Wildman–Crippen MR) is 88.7 cm³/mol. The molecule has 2 aromatic rings. The molecule has 0 saturated carbocycles. The fourth-order valence-corrected chi connectivity index (χ4v) is 2.94. The highest BCUT2D eigenvalue weighted by atomic mass is 19.1. The number of anilines is 1. The molecule has 0 radical (unpaired) electrons. The topological polar surface area (TPSA) is 180 Å². The highest BCUT2D eigenvalue weighted by Crippen LogP contribution is 2.36. The normalized spacial score (nSPS) is 24.0. The number of carbonyl (C=O) groups excluding carboxylic acids is 2. The number of nitrogens with two attached hydrogens (primary N) is 1. The molecule has 0 aliphatic carbocycles. The van der Waals surface area contributed by atoms with Crippen molar-refractivity contribution in [2.24, 2.45) is 5.11 Å². The number of hydrogen-bond donors (Lipinski definition) is 1. The molecule has 0 aromatic carbocycles. The fourth-order valence-electron chi connectivity index (χ4n) is 2.94. The average Bonchev–Trinajstić information content (AvgIpc) is 3.15. The standard InChI is InChI=1S/C14H15FN8O5/c1-5(24)26-9-7(3-19-22-17)28-13(10(9)27-6(2)25)23-4-18-8-11(16)20-14(15)21-12(8)23/h4,7,9-10,13H,3H2,1-2H3,(H2,16,20,21)/t7-,9-,10-,13-/m1/s1. The molecule has 1 saturated heterocycles. The quantitative estimate of drug-likeness (QED) is 0.250. The first-order valence-electron chi connectivity index (χ1n) is 7.98. The van der Waals surface area contributed by atoms with E-state index in [0.29, 0.717) is 0 Å². The van der Waals surface area contributed by atoms with Crippen LogP contribution in [0, 0.1) is 6.08 Å². The van der Waals surface area contributed by atoms with Crippen molar-refractivity contribution in [1.29, 1.82) is 0 Å². The Labute approximate surface area is 156 Å². The van der Waals surface area contributed by atoms with Gasteiger partial charge in [-0.1, -0.05) is 5.11 Å². The molecule has 13 nitrogen and oxygen atoms in total. The largest absolute Gasteiger partial charge is 0.456 e. The Morgan fingerprint density at radius 2 is 2.04 bits per heavy atom. The summed E-state index contributed by atoms with van der Waals surface area (Å²) in [4.78, 5) is 36.9. The summed E-state index contributed by atoms with van der Waals surface area (Å²) in [5, 5.41) is 3.42. The third kappa shape index (κ3) is 3.63. The van der Waals surface area contributed by atoms with E-state index in [1.165, 1.54) is 17.8 Å². The summed E-state index contributed by atoms with van der Waals surface area (Å²) in [7, 11) is 0. The van der Waals surface area contributed by atoms with E-state index >= 15 is 0 Å². The van der Waals surface area contributed by atoms with E-state index in [1.54, 1.807) is 0 Å². The number of aromatic nitrogens is 4. The van der Waals surface area contributed by atoms with Crippen molar-refractivity contribution >= 4 is 28.9 Å². The zero-order valence-corrected chi connectivity index (χ0v) is 14.7. The molecular weight excluding hydrogens is 379 g/mol. The lowest BCUT2D eigenvalue weighted by molar-refractivity contribution is -0.165. The smallest absolute Gasteiger partial charge is 0.312 e. The predicted octanol–water partition coefficient (Wildman–Crippen LogP) is 0.619. The number of imidazole rings is 1. The second-order valence-corrected chi connectivity index (χ2v) is 5.83. The van der Waals surface area contributed by atoms with Gasteiger partial charge in [-0.25, -0.2) is 4.98 Å². The minimum Gasteiger partial charge on any atom is -0.456 e. The summed E-state index contributed by atoms with van der Waals surface area (Å²) in [5.41, 5.74) is 14.3. The zero-order chi connectivity index (χ0) is 20.4. The van der Waals surface area contributed by atoms with Crippen LogP contribution in [-0.4, -0.2) is 56.3 Å². The van der Waals surface area contributed by atoms with E-state index in [-0.39, 0.29) is 23.5 Å². The van der Waals surface area contributed by atoms with Crippen LogP contribution in [0.5, 0.6) is 0 Å². The van der Waals surface area contributed by atoms with Crippen LogP contribution in [0.2, 0.25) is 0 Å². The maximum Gasteiger partial charge on any atom is 0.312 e. The van der Waals surface area contributed by atoms with Gasteiger partial charge in [0.2, 0.25) is 0 Å². The van der Waals surface area contributed by atoms with E-state index in [0.717, 1.165) is 6.92 Å². The summed E-state index contributed by atoms with van der Waals surface area (Å²) in [5.74, 6) is -1.53. The Hall–Kier alpha value is -3.51. The molecule has 1 aliphatic heterocycles. The summed E-state index contributed by atoms with van der Waals surface area (Å²) < 4.78 is 31.2. The molecule has 148 valence electrons. The van der Waals surface area contributed by atoms with Gasteiger partial charge in [0, 0.05) is 18.8 Å². The minimum absolute atomic E-state index is 0.0156. The van der Waals surface area contributed by atoms with E-state index in [4.69, 9.17) is 25.5 Å². The van der Waals surface area contributed by atoms with Crippen LogP contribution < -0.4 is 5.73 Å².